The van der Waals surface area contributed by atoms with Gasteiger partial charge in [0.05, 0.1) is 0 Å². The Balaban J connectivity index is 2.18. The number of alkyl halides is 1. The second-order valence-corrected chi connectivity index (χ2v) is 9.20. The van der Waals surface area contributed by atoms with Gasteiger partial charge >= 0.3 is 0 Å². The van der Waals surface area contributed by atoms with Crippen LogP contribution < -0.4 is 0 Å². The lowest BCUT2D eigenvalue weighted by Gasteiger charge is -2.22. The molecule has 1 aliphatic rings. The average Bonchev–Trinajstić information content (AvgIpc) is 2.96. The summed E-state index contributed by atoms with van der Waals surface area (Å²) >= 11 is 7.04. The molecule has 0 aromatic carbocycles. The molecule has 2 rings (SSSR count). The van der Waals surface area contributed by atoms with E-state index in [1.807, 2.05) is 20.2 Å². The fourth-order valence-corrected chi connectivity index (χ4v) is 6.01. The molecule has 1 aromatic heterocycles. The third-order valence-corrected chi connectivity index (χ3v) is 7.41. The number of hydrogen-bond acceptors (Lipinski definition) is 4. The van der Waals surface area contributed by atoms with E-state index in [4.69, 9.17) is 11.6 Å². The fourth-order valence-electron chi connectivity index (χ4n) is 2.63. The van der Waals surface area contributed by atoms with Crippen LogP contribution in [0.2, 0.25) is 0 Å². The first kappa shape index (κ1) is 16.2. The van der Waals surface area contributed by atoms with Crippen molar-refractivity contribution in [1.29, 1.82) is 0 Å². The number of nitrogens with zero attached hydrogens (tertiary/aromatic N) is 2. The maximum Gasteiger partial charge on any atom is 0.252 e. The fraction of sp³-hybridized carbons (Fsp3) is 0.692. The van der Waals surface area contributed by atoms with Crippen molar-refractivity contribution in [2.75, 3.05) is 33.1 Å². The molecule has 0 bridgehead atoms. The Labute approximate surface area is 130 Å². The first-order valence-corrected chi connectivity index (χ1v) is 9.46. The van der Waals surface area contributed by atoms with Gasteiger partial charge in [-0.1, -0.05) is 6.92 Å². The van der Waals surface area contributed by atoms with Crippen LogP contribution in [0.15, 0.2) is 16.3 Å². The number of halogens is 1. The van der Waals surface area contributed by atoms with Gasteiger partial charge in [0.1, 0.15) is 4.21 Å². The summed E-state index contributed by atoms with van der Waals surface area (Å²) in [5.41, 5.74) is 0. The molecule has 1 saturated heterocycles. The maximum atomic E-state index is 12.7. The van der Waals surface area contributed by atoms with Crippen LogP contribution in [0.4, 0.5) is 0 Å². The third kappa shape index (κ3) is 3.20. The molecule has 2 heterocycles. The summed E-state index contributed by atoms with van der Waals surface area (Å²) in [6, 6.07) is 3.85. The molecule has 4 nitrogen and oxygen atoms in total. The van der Waals surface area contributed by atoms with Gasteiger partial charge in [-0.3, -0.25) is 0 Å². The minimum atomic E-state index is -3.35. The van der Waals surface area contributed by atoms with Crippen molar-refractivity contribution in [2.45, 2.75) is 23.6 Å². The zero-order chi connectivity index (χ0) is 14.9. The summed E-state index contributed by atoms with van der Waals surface area (Å²) in [6.07, 6.45) is 0.721. The highest BCUT2D eigenvalue weighted by molar-refractivity contribution is 7.91. The molecule has 0 spiro atoms. The SMILES string of the molecule is CC1CN(S(=O)(=O)c2ccc(CCCl)s2)CC1N(C)C. The number of likely N-dealkylation sites (N-methyl/N-ethyl adjacent to an activating group) is 1. The predicted molar refractivity (Wildman–Crippen MR) is 84.1 cm³/mol. The number of rotatable bonds is 5. The van der Waals surface area contributed by atoms with E-state index in [0.717, 1.165) is 11.3 Å². The Hall–Kier alpha value is -0.140. The van der Waals surface area contributed by atoms with Crippen LogP contribution in [0.5, 0.6) is 0 Å². The van der Waals surface area contributed by atoms with Crippen molar-refractivity contribution in [1.82, 2.24) is 9.21 Å². The molecule has 7 heteroatoms. The molecule has 1 fully saturated rings. The Bertz CT molecular complexity index is 556. The number of hydrogen-bond donors (Lipinski definition) is 0. The van der Waals surface area contributed by atoms with E-state index < -0.39 is 10.0 Å². The highest BCUT2D eigenvalue weighted by Gasteiger charge is 2.38. The van der Waals surface area contributed by atoms with Crippen LogP contribution in [-0.2, 0) is 16.4 Å². The summed E-state index contributed by atoms with van der Waals surface area (Å²) in [6.45, 7) is 3.26. The van der Waals surface area contributed by atoms with Crippen molar-refractivity contribution >= 4 is 33.0 Å². The Kier molecular flexibility index (Phi) is 5.13. The Morgan fingerprint density at radius 1 is 1.40 bits per heavy atom. The molecule has 0 radical (unpaired) electrons. The van der Waals surface area contributed by atoms with Crippen LogP contribution in [-0.4, -0.2) is 56.7 Å². The third-order valence-electron chi connectivity index (χ3n) is 3.77. The topological polar surface area (TPSA) is 40.6 Å². The van der Waals surface area contributed by atoms with Crippen LogP contribution in [0, 0.1) is 5.92 Å². The molecule has 0 aliphatic carbocycles. The van der Waals surface area contributed by atoms with Crippen molar-refractivity contribution in [2.24, 2.45) is 5.92 Å². The average molecular weight is 337 g/mol. The zero-order valence-corrected chi connectivity index (χ0v) is 14.4. The smallest absolute Gasteiger partial charge is 0.252 e. The van der Waals surface area contributed by atoms with Crippen LogP contribution in [0.1, 0.15) is 11.8 Å². The number of sulfonamides is 1. The Morgan fingerprint density at radius 3 is 2.65 bits per heavy atom. The summed E-state index contributed by atoms with van der Waals surface area (Å²) in [7, 11) is 0.649. The van der Waals surface area contributed by atoms with E-state index >= 15 is 0 Å². The maximum absolute atomic E-state index is 12.7. The van der Waals surface area contributed by atoms with E-state index in [9.17, 15) is 8.42 Å². The largest absolute Gasteiger partial charge is 0.305 e. The normalized spacial score (nSPS) is 24.6. The number of thiophene rings is 1. The lowest BCUT2D eigenvalue weighted by atomic mass is 10.1. The van der Waals surface area contributed by atoms with Gasteiger partial charge in [-0.25, -0.2) is 8.42 Å². The van der Waals surface area contributed by atoms with Crippen LogP contribution >= 0.6 is 22.9 Å². The first-order chi connectivity index (χ1) is 9.36. The first-order valence-electron chi connectivity index (χ1n) is 6.67. The highest BCUT2D eigenvalue weighted by Crippen LogP contribution is 2.30. The monoisotopic (exact) mass is 336 g/mol. The summed E-state index contributed by atoms with van der Waals surface area (Å²) in [4.78, 5) is 3.13. The molecule has 20 heavy (non-hydrogen) atoms. The summed E-state index contributed by atoms with van der Waals surface area (Å²) < 4.78 is 27.3. The standard InChI is InChI=1S/C13H21ClN2O2S2/c1-10-8-16(9-12(10)15(2)3)20(17,18)13-5-4-11(19-13)6-7-14/h4-5,10,12H,6-9H2,1-3H3. The van der Waals surface area contributed by atoms with Gasteiger partial charge in [-0.2, -0.15) is 4.31 Å². The van der Waals surface area contributed by atoms with Gasteiger partial charge in [0.2, 0.25) is 0 Å². The molecule has 114 valence electrons. The second kappa shape index (κ2) is 6.32. The van der Waals surface area contributed by atoms with Gasteiger partial charge in [0, 0.05) is 29.9 Å². The van der Waals surface area contributed by atoms with E-state index in [1.165, 1.54) is 11.3 Å². The minimum absolute atomic E-state index is 0.284. The molecule has 1 aliphatic heterocycles. The van der Waals surface area contributed by atoms with Crippen LogP contribution in [0.25, 0.3) is 0 Å². The van der Waals surface area contributed by atoms with E-state index in [2.05, 4.69) is 11.8 Å². The summed E-state index contributed by atoms with van der Waals surface area (Å²) in [5, 5.41) is 0. The molecular weight excluding hydrogens is 316 g/mol. The molecule has 0 saturated carbocycles. The van der Waals surface area contributed by atoms with E-state index in [0.29, 0.717) is 29.1 Å². The molecule has 0 amide bonds. The second-order valence-electron chi connectivity index (χ2n) is 5.49. The van der Waals surface area contributed by atoms with Crippen molar-refractivity contribution in [3.05, 3.63) is 17.0 Å². The molecule has 0 N–H and O–H groups in total. The molecule has 2 atom stereocenters. The van der Waals surface area contributed by atoms with E-state index in [1.54, 1.807) is 10.4 Å². The van der Waals surface area contributed by atoms with Crippen molar-refractivity contribution in [3.8, 4) is 0 Å². The molecular formula is C13H21ClN2O2S2. The molecule has 1 aromatic rings. The molecule has 2 unspecified atom stereocenters. The minimum Gasteiger partial charge on any atom is -0.305 e. The Morgan fingerprint density at radius 2 is 2.10 bits per heavy atom. The van der Waals surface area contributed by atoms with Gasteiger partial charge in [-0.05, 0) is 38.6 Å². The van der Waals surface area contributed by atoms with Crippen LogP contribution in [0.3, 0.4) is 0 Å². The quantitative estimate of drug-likeness (QED) is 0.773. The van der Waals surface area contributed by atoms with Gasteiger partial charge in [0.15, 0.2) is 0 Å². The number of aryl methyl sites for hydroxylation is 1. The lowest BCUT2D eigenvalue weighted by Crippen LogP contribution is -2.35. The summed E-state index contributed by atoms with van der Waals surface area (Å²) in [5.74, 6) is 0.866. The van der Waals surface area contributed by atoms with Gasteiger partial charge in [0.25, 0.3) is 10.0 Å². The highest BCUT2D eigenvalue weighted by atomic mass is 35.5. The lowest BCUT2D eigenvalue weighted by molar-refractivity contribution is 0.263. The zero-order valence-electron chi connectivity index (χ0n) is 12.0. The van der Waals surface area contributed by atoms with E-state index in [-0.39, 0.29) is 6.04 Å². The van der Waals surface area contributed by atoms with Gasteiger partial charge < -0.3 is 4.90 Å². The van der Waals surface area contributed by atoms with Crippen molar-refractivity contribution in [3.63, 3.8) is 0 Å². The predicted octanol–water partition coefficient (Wildman–Crippen LogP) is 2.10. The van der Waals surface area contributed by atoms with Gasteiger partial charge in [-0.15, -0.1) is 22.9 Å². The van der Waals surface area contributed by atoms with Crippen molar-refractivity contribution < 1.29 is 8.42 Å².